The summed E-state index contributed by atoms with van der Waals surface area (Å²) in [6.07, 6.45) is 2.02. The van der Waals surface area contributed by atoms with Crippen LogP contribution in [0.3, 0.4) is 0 Å². The van der Waals surface area contributed by atoms with E-state index in [-0.39, 0.29) is 5.56 Å². The standard InChI is InChI=1S/C12H12F2N2/c13-10-5-3-4-9(12(10)14)11(8-15)16-6-1-2-7-16/h3-5,11H,1-2,6-7H2. The Bertz CT molecular complexity index is 420. The van der Waals surface area contributed by atoms with E-state index in [0.29, 0.717) is 0 Å². The van der Waals surface area contributed by atoms with Gasteiger partial charge in [0.2, 0.25) is 0 Å². The van der Waals surface area contributed by atoms with Crippen LogP contribution in [-0.2, 0) is 0 Å². The van der Waals surface area contributed by atoms with Gasteiger partial charge >= 0.3 is 0 Å². The van der Waals surface area contributed by atoms with Crippen molar-refractivity contribution in [2.75, 3.05) is 13.1 Å². The maximum Gasteiger partial charge on any atom is 0.164 e. The Morgan fingerprint density at radius 1 is 1.25 bits per heavy atom. The van der Waals surface area contributed by atoms with Crippen molar-refractivity contribution in [3.8, 4) is 6.07 Å². The summed E-state index contributed by atoms with van der Waals surface area (Å²) in [5.41, 5.74) is 0.143. The molecule has 0 bridgehead atoms. The van der Waals surface area contributed by atoms with Crippen LogP contribution in [0.15, 0.2) is 18.2 Å². The highest BCUT2D eigenvalue weighted by Gasteiger charge is 2.26. The fourth-order valence-corrected chi connectivity index (χ4v) is 2.08. The normalized spacial score (nSPS) is 18.3. The molecule has 4 heteroatoms. The Kier molecular flexibility index (Phi) is 3.16. The molecule has 1 aliphatic heterocycles. The second-order valence-electron chi connectivity index (χ2n) is 3.92. The van der Waals surface area contributed by atoms with Gasteiger partial charge in [0.1, 0.15) is 6.04 Å². The number of benzene rings is 1. The van der Waals surface area contributed by atoms with Crippen molar-refractivity contribution in [2.45, 2.75) is 18.9 Å². The van der Waals surface area contributed by atoms with E-state index in [4.69, 9.17) is 5.26 Å². The number of nitriles is 1. The summed E-state index contributed by atoms with van der Waals surface area (Å²) in [7, 11) is 0. The molecule has 1 aliphatic rings. The first-order chi connectivity index (χ1) is 7.74. The van der Waals surface area contributed by atoms with Gasteiger partial charge in [0.25, 0.3) is 0 Å². The highest BCUT2D eigenvalue weighted by molar-refractivity contribution is 5.27. The topological polar surface area (TPSA) is 27.0 Å². The lowest BCUT2D eigenvalue weighted by atomic mass is 10.1. The van der Waals surface area contributed by atoms with Gasteiger partial charge in [-0.3, -0.25) is 4.90 Å². The first kappa shape index (κ1) is 11.0. The minimum atomic E-state index is -0.902. The fraction of sp³-hybridized carbons (Fsp3) is 0.417. The van der Waals surface area contributed by atoms with E-state index in [9.17, 15) is 8.78 Å². The highest BCUT2D eigenvalue weighted by Crippen LogP contribution is 2.27. The summed E-state index contributed by atoms with van der Waals surface area (Å²) in [6.45, 7) is 1.54. The van der Waals surface area contributed by atoms with Crippen LogP contribution in [-0.4, -0.2) is 18.0 Å². The van der Waals surface area contributed by atoms with Gasteiger partial charge in [-0.2, -0.15) is 5.26 Å². The predicted molar refractivity (Wildman–Crippen MR) is 55.5 cm³/mol. The Balaban J connectivity index is 2.33. The van der Waals surface area contributed by atoms with Crippen LogP contribution >= 0.6 is 0 Å². The smallest absolute Gasteiger partial charge is 0.164 e. The van der Waals surface area contributed by atoms with Crippen molar-refractivity contribution < 1.29 is 8.78 Å². The lowest BCUT2D eigenvalue weighted by Gasteiger charge is -2.21. The number of rotatable bonds is 2. The zero-order valence-corrected chi connectivity index (χ0v) is 8.79. The van der Waals surface area contributed by atoms with Crippen molar-refractivity contribution in [3.63, 3.8) is 0 Å². The van der Waals surface area contributed by atoms with Crippen molar-refractivity contribution in [1.29, 1.82) is 5.26 Å². The first-order valence-electron chi connectivity index (χ1n) is 5.31. The van der Waals surface area contributed by atoms with E-state index in [0.717, 1.165) is 32.0 Å². The Morgan fingerprint density at radius 3 is 2.56 bits per heavy atom. The van der Waals surface area contributed by atoms with Crippen LogP contribution in [0.25, 0.3) is 0 Å². The van der Waals surface area contributed by atoms with Gasteiger partial charge in [0.15, 0.2) is 11.6 Å². The monoisotopic (exact) mass is 222 g/mol. The highest BCUT2D eigenvalue weighted by atomic mass is 19.2. The third kappa shape index (κ3) is 1.91. The molecule has 16 heavy (non-hydrogen) atoms. The van der Waals surface area contributed by atoms with Crippen LogP contribution in [0, 0.1) is 23.0 Å². The van der Waals surface area contributed by atoms with Crippen LogP contribution in [0.1, 0.15) is 24.4 Å². The van der Waals surface area contributed by atoms with Gasteiger partial charge in [-0.25, -0.2) is 8.78 Å². The fourth-order valence-electron chi connectivity index (χ4n) is 2.08. The minimum Gasteiger partial charge on any atom is -0.284 e. The summed E-state index contributed by atoms with van der Waals surface area (Å²) in [5.74, 6) is -1.79. The molecule has 2 nitrogen and oxygen atoms in total. The third-order valence-electron chi connectivity index (χ3n) is 2.90. The summed E-state index contributed by atoms with van der Waals surface area (Å²) in [4.78, 5) is 1.89. The van der Waals surface area contributed by atoms with Crippen LogP contribution in [0.4, 0.5) is 8.78 Å². The van der Waals surface area contributed by atoms with Crippen molar-refractivity contribution >= 4 is 0 Å². The molecule has 0 spiro atoms. The van der Waals surface area contributed by atoms with E-state index >= 15 is 0 Å². The molecule has 0 saturated carbocycles. The molecule has 0 amide bonds. The van der Waals surface area contributed by atoms with Gasteiger partial charge in [0.05, 0.1) is 6.07 Å². The molecule has 1 saturated heterocycles. The molecular weight excluding hydrogens is 210 g/mol. The molecule has 1 heterocycles. The molecule has 0 aliphatic carbocycles. The predicted octanol–water partition coefficient (Wildman–Crippen LogP) is 2.63. The first-order valence-corrected chi connectivity index (χ1v) is 5.31. The van der Waals surface area contributed by atoms with E-state index in [1.54, 1.807) is 0 Å². The zero-order valence-electron chi connectivity index (χ0n) is 8.79. The second-order valence-corrected chi connectivity index (χ2v) is 3.92. The maximum absolute atomic E-state index is 13.5. The maximum atomic E-state index is 13.5. The Morgan fingerprint density at radius 2 is 1.94 bits per heavy atom. The molecule has 1 aromatic rings. The van der Waals surface area contributed by atoms with Crippen LogP contribution in [0.2, 0.25) is 0 Å². The van der Waals surface area contributed by atoms with Crippen LogP contribution in [0.5, 0.6) is 0 Å². The number of halogens is 2. The number of hydrogen-bond acceptors (Lipinski definition) is 2. The van der Waals surface area contributed by atoms with E-state index in [1.165, 1.54) is 12.1 Å². The minimum absolute atomic E-state index is 0.143. The second kappa shape index (κ2) is 4.58. The van der Waals surface area contributed by atoms with Gasteiger partial charge in [0, 0.05) is 5.56 Å². The van der Waals surface area contributed by atoms with Crippen molar-refractivity contribution in [3.05, 3.63) is 35.4 Å². The number of likely N-dealkylation sites (tertiary alicyclic amines) is 1. The van der Waals surface area contributed by atoms with E-state index in [2.05, 4.69) is 0 Å². The zero-order chi connectivity index (χ0) is 11.5. The molecule has 0 aromatic heterocycles. The molecule has 1 fully saturated rings. The molecular formula is C12H12F2N2. The molecule has 84 valence electrons. The van der Waals surface area contributed by atoms with E-state index < -0.39 is 17.7 Å². The SMILES string of the molecule is N#CC(c1cccc(F)c1F)N1CCCC1. The van der Waals surface area contributed by atoms with Crippen molar-refractivity contribution in [2.24, 2.45) is 0 Å². The van der Waals surface area contributed by atoms with Gasteiger partial charge < -0.3 is 0 Å². The molecule has 2 rings (SSSR count). The van der Waals surface area contributed by atoms with E-state index in [1.807, 2.05) is 11.0 Å². The Hall–Kier alpha value is -1.47. The van der Waals surface area contributed by atoms with Gasteiger partial charge in [-0.1, -0.05) is 12.1 Å². The lowest BCUT2D eigenvalue weighted by Crippen LogP contribution is -2.25. The molecule has 1 unspecified atom stereocenters. The largest absolute Gasteiger partial charge is 0.284 e. The Labute approximate surface area is 93.1 Å². The van der Waals surface area contributed by atoms with Gasteiger partial charge in [-0.15, -0.1) is 0 Å². The summed E-state index contributed by atoms with van der Waals surface area (Å²) < 4.78 is 26.6. The number of hydrogen-bond donors (Lipinski definition) is 0. The molecule has 1 atom stereocenters. The quantitative estimate of drug-likeness (QED) is 0.769. The lowest BCUT2D eigenvalue weighted by molar-refractivity contribution is 0.286. The third-order valence-corrected chi connectivity index (χ3v) is 2.90. The summed E-state index contributed by atoms with van der Waals surface area (Å²) in [5, 5.41) is 9.07. The van der Waals surface area contributed by atoms with Crippen molar-refractivity contribution in [1.82, 2.24) is 4.90 Å². The molecule has 0 N–H and O–H groups in total. The average Bonchev–Trinajstić information content (AvgIpc) is 2.79. The average molecular weight is 222 g/mol. The molecule has 1 aromatic carbocycles. The number of nitrogens with zero attached hydrogens (tertiary/aromatic N) is 2. The van der Waals surface area contributed by atoms with Crippen LogP contribution < -0.4 is 0 Å². The van der Waals surface area contributed by atoms with Gasteiger partial charge in [-0.05, 0) is 32.0 Å². The molecule has 0 radical (unpaired) electrons. The summed E-state index contributed by atoms with van der Waals surface area (Å²) >= 11 is 0. The summed E-state index contributed by atoms with van der Waals surface area (Å²) in [6, 6.07) is 5.36.